The molecule has 1 aromatic carbocycles. The number of aryl methyl sites for hydroxylation is 1. The fraction of sp³-hybridized carbons (Fsp3) is 0.333. The van der Waals surface area contributed by atoms with Gasteiger partial charge in [0.05, 0.1) is 6.04 Å². The van der Waals surface area contributed by atoms with Gasteiger partial charge in [0.25, 0.3) is 0 Å². The molecule has 6 heteroatoms. The van der Waals surface area contributed by atoms with Gasteiger partial charge in [-0.05, 0) is 31.5 Å². The van der Waals surface area contributed by atoms with Crippen molar-refractivity contribution in [3.63, 3.8) is 0 Å². The monoisotopic (exact) mass is 265 g/mol. The molecule has 0 aliphatic carbocycles. The van der Waals surface area contributed by atoms with Gasteiger partial charge in [-0.1, -0.05) is 18.3 Å². The van der Waals surface area contributed by atoms with Crippen molar-refractivity contribution in [3.05, 3.63) is 28.8 Å². The summed E-state index contributed by atoms with van der Waals surface area (Å²) in [5.74, 6) is 0.274. The molecular formula is C12H15N3O2S. The average molecular weight is 265 g/mol. The Morgan fingerprint density at radius 1 is 1.33 bits per heavy atom. The van der Waals surface area contributed by atoms with Crippen LogP contribution >= 0.6 is 11.3 Å². The summed E-state index contributed by atoms with van der Waals surface area (Å²) in [5.41, 5.74) is 0.628. The van der Waals surface area contributed by atoms with Crippen LogP contribution in [-0.2, 0) is 6.42 Å². The van der Waals surface area contributed by atoms with Crippen LogP contribution in [0.15, 0.2) is 18.2 Å². The van der Waals surface area contributed by atoms with Crippen LogP contribution < -0.4 is 5.32 Å². The lowest BCUT2D eigenvalue weighted by molar-refractivity contribution is 0.451. The van der Waals surface area contributed by atoms with E-state index in [4.69, 9.17) is 0 Å². The molecule has 1 atom stereocenters. The second kappa shape index (κ2) is 5.22. The summed E-state index contributed by atoms with van der Waals surface area (Å²) in [6.07, 6.45) is 0.852. The van der Waals surface area contributed by atoms with E-state index in [0.29, 0.717) is 10.7 Å². The SMILES string of the molecule is CCc1nnc(NC(C)c2cc(O)ccc2O)s1. The van der Waals surface area contributed by atoms with Crippen LogP contribution in [0, 0.1) is 0 Å². The first-order valence-electron chi connectivity index (χ1n) is 5.71. The van der Waals surface area contributed by atoms with Gasteiger partial charge in [-0.3, -0.25) is 0 Å². The number of benzene rings is 1. The summed E-state index contributed by atoms with van der Waals surface area (Å²) < 4.78 is 0. The standard InChI is InChI=1S/C12H15N3O2S/c1-3-11-14-15-12(18-11)13-7(2)9-6-8(16)4-5-10(9)17/h4-7,16-17H,3H2,1-2H3,(H,13,15). The molecule has 5 nitrogen and oxygen atoms in total. The van der Waals surface area contributed by atoms with Gasteiger partial charge >= 0.3 is 0 Å². The van der Waals surface area contributed by atoms with Crippen LogP contribution in [0.1, 0.15) is 30.5 Å². The van der Waals surface area contributed by atoms with E-state index >= 15 is 0 Å². The number of aromatic hydroxyl groups is 2. The fourth-order valence-corrected chi connectivity index (χ4v) is 2.37. The van der Waals surface area contributed by atoms with Gasteiger partial charge in [0, 0.05) is 5.56 Å². The Morgan fingerprint density at radius 2 is 2.11 bits per heavy atom. The quantitative estimate of drug-likeness (QED) is 0.741. The van der Waals surface area contributed by atoms with Crippen molar-refractivity contribution < 1.29 is 10.2 Å². The Morgan fingerprint density at radius 3 is 2.78 bits per heavy atom. The molecule has 0 saturated carbocycles. The molecule has 1 aromatic heterocycles. The van der Waals surface area contributed by atoms with Crippen LogP contribution in [0.5, 0.6) is 11.5 Å². The maximum absolute atomic E-state index is 9.75. The number of nitrogens with one attached hydrogen (secondary N) is 1. The van der Waals surface area contributed by atoms with Gasteiger partial charge < -0.3 is 15.5 Å². The van der Waals surface area contributed by atoms with Crippen molar-refractivity contribution in [2.75, 3.05) is 5.32 Å². The van der Waals surface area contributed by atoms with Crippen molar-refractivity contribution in [2.45, 2.75) is 26.3 Å². The maximum atomic E-state index is 9.75. The molecule has 0 aliphatic heterocycles. The lowest BCUT2D eigenvalue weighted by Crippen LogP contribution is -2.06. The number of phenols is 2. The van der Waals surface area contributed by atoms with E-state index in [1.165, 1.54) is 29.5 Å². The predicted octanol–water partition coefficient (Wildman–Crippen LogP) is 2.68. The van der Waals surface area contributed by atoms with E-state index < -0.39 is 0 Å². The summed E-state index contributed by atoms with van der Waals surface area (Å²) in [5, 5.41) is 32.0. The number of anilines is 1. The number of hydrogen-bond donors (Lipinski definition) is 3. The maximum Gasteiger partial charge on any atom is 0.206 e. The lowest BCUT2D eigenvalue weighted by Gasteiger charge is -2.14. The highest BCUT2D eigenvalue weighted by molar-refractivity contribution is 7.15. The second-order valence-electron chi connectivity index (χ2n) is 3.96. The summed E-state index contributed by atoms with van der Waals surface area (Å²) in [7, 11) is 0. The van der Waals surface area contributed by atoms with Gasteiger partial charge in [0.15, 0.2) is 0 Å². The smallest absolute Gasteiger partial charge is 0.206 e. The van der Waals surface area contributed by atoms with Gasteiger partial charge in [-0.2, -0.15) is 0 Å². The molecule has 2 rings (SSSR count). The minimum Gasteiger partial charge on any atom is -0.508 e. The highest BCUT2D eigenvalue weighted by Gasteiger charge is 2.13. The van der Waals surface area contributed by atoms with Gasteiger partial charge in [-0.25, -0.2) is 0 Å². The van der Waals surface area contributed by atoms with E-state index in [1.54, 1.807) is 0 Å². The zero-order valence-corrected chi connectivity index (χ0v) is 11.0. The van der Waals surface area contributed by atoms with Gasteiger partial charge in [0.2, 0.25) is 5.13 Å². The molecule has 3 N–H and O–H groups in total. The Hall–Kier alpha value is -1.82. The second-order valence-corrected chi connectivity index (χ2v) is 5.03. The van der Waals surface area contributed by atoms with Crippen molar-refractivity contribution in [1.29, 1.82) is 0 Å². The summed E-state index contributed by atoms with van der Waals surface area (Å²) in [6.45, 7) is 3.91. The third-order valence-corrected chi connectivity index (χ3v) is 3.59. The van der Waals surface area contributed by atoms with Crippen LogP contribution in [0.4, 0.5) is 5.13 Å². The van der Waals surface area contributed by atoms with Crippen LogP contribution in [-0.4, -0.2) is 20.4 Å². The van der Waals surface area contributed by atoms with E-state index in [9.17, 15) is 10.2 Å². The Kier molecular flexibility index (Phi) is 3.66. The molecule has 1 heterocycles. The number of hydrogen-bond acceptors (Lipinski definition) is 6. The zero-order valence-electron chi connectivity index (χ0n) is 10.2. The molecule has 0 bridgehead atoms. The van der Waals surface area contributed by atoms with Crippen molar-refractivity contribution in [3.8, 4) is 11.5 Å². The zero-order chi connectivity index (χ0) is 13.1. The Balaban J connectivity index is 2.16. The number of rotatable bonds is 4. The molecule has 18 heavy (non-hydrogen) atoms. The Bertz CT molecular complexity index is 542. The molecule has 0 fully saturated rings. The fourth-order valence-electron chi connectivity index (χ4n) is 1.61. The molecular weight excluding hydrogens is 250 g/mol. The number of nitrogens with zero attached hydrogens (tertiary/aromatic N) is 2. The topological polar surface area (TPSA) is 78.3 Å². The minimum atomic E-state index is -0.158. The number of aromatic nitrogens is 2. The van der Waals surface area contributed by atoms with Crippen LogP contribution in [0.3, 0.4) is 0 Å². The summed E-state index contributed by atoms with van der Waals surface area (Å²) in [4.78, 5) is 0. The van der Waals surface area contributed by atoms with Gasteiger partial charge in [-0.15, -0.1) is 10.2 Å². The Labute approximate surface area is 109 Å². The highest BCUT2D eigenvalue weighted by Crippen LogP contribution is 2.30. The van der Waals surface area contributed by atoms with E-state index in [-0.39, 0.29) is 17.5 Å². The van der Waals surface area contributed by atoms with Crippen molar-refractivity contribution >= 4 is 16.5 Å². The first-order chi connectivity index (χ1) is 8.60. The van der Waals surface area contributed by atoms with Crippen molar-refractivity contribution in [2.24, 2.45) is 0 Å². The molecule has 2 aromatic rings. The predicted molar refractivity (Wildman–Crippen MR) is 71.1 cm³/mol. The molecule has 0 radical (unpaired) electrons. The first-order valence-corrected chi connectivity index (χ1v) is 6.52. The van der Waals surface area contributed by atoms with Crippen LogP contribution in [0.25, 0.3) is 0 Å². The van der Waals surface area contributed by atoms with Gasteiger partial charge in [0.1, 0.15) is 16.5 Å². The molecule has 0 spiro atoms. The van der Waals surface area contributed by atoms with Crippen LogP contribution in [0.2, 0.25) is 0 Å². The summed E-state index contributed by atoms with van der Waals surface area (Å²) in [6, 6.07) is 4.30. The van der Waals surface area contributed by atoms with E-state index in [0.717, 1.165) is 11.4 Å². The molecule has 96 valence electrons. The molecule has 0 amide bonds. The molecule has 0 aliphatic rings. The summed E-state index contributed by atoms with van der Waals surface area (Å²) >= 11 is 1.49. The highest BCUT2D eigenvalue weighted by atomic mass is 32.1. The first kappa shape index (κ1) is 12.6. The third-order valence-electron chi connectivity index (χ3n) is 2.59. The molecule has 1 unspecified atom stereocenters. The largest absolute Gasteiger partial charge is 0.508 e. The molecule has 0 saturated heterocycles. The average Bonchev–Trinajstić information content (AvgIpc) is 2.80. The normalized spacial score (nSPS) is 12.3. The van der Waals surface area contributed by atoms with E-state index in [2.05, 4.69) is 15.5 Å². The van der Waals surface area contributed by atoms with E-state index in [1.807, 2.05) is 13.8 Å². The third kappa shape index (κ3) is 2.70. The lowest BCUT2D eigenvalue weighted by atomic mass is 10.1. The van der Waals surface area contributed by atoms with Crippen molar-refractivity contribution in [1.82, 2.24) is 10.2 Å². The number of phenolic OH excluding ortho intramolecular Hbond substituents is 2. The minimum absolute atomic E-state index is 0.128.